The van der Waals surface area contributed by atoms with E-state index < -0.39 is 0 Å². The van der Waals surface area contributed by atoms with Gasteiger partial charge in [0.25, 0.3) is 0 Å². The number of rotatable bonds is 4. The summed E-state index contributed by atoms with van der Waals surface area (Å²) in [6, 6.07) is 0. The van der Waals surface area contributed by atoms with E-state index in [1.54, 1.807) is 5.57 Å². The molecule has 1 saturated heterocycles. The first-order valence-electron chi connectivity index (χ1n) is 9.61. The van der Waals surface area contributed by atoms with Crippen LogP contribution in [0.2, 0.25) is 0 Å². The third-order valence-electron chi connectivity index (χ3n) is 7.33. The average molecular weight is 395 g/mol. The first-order valence-corrected chi connectivity index (χ1v) is 10.5. The zero-order valence-electron chi connectivity index (χ0n) is 15.3. The van der Waals surface area contributed by atoms with Crippen LogP contribution in [0.25, 0.3) is 0 Å². The zero-order valence-corrected chi connectivity index (χ0v) is 16.9. The van der Waals surface area contributed by atoms with Crippen LogP contribution >= 0.6 is 15.9 Å². The van der Waals surface area contributed by atoms with Gasteiger partial charge in [-0.25, -0.2) is 4.79 Å². The molecule has 0 aromatic heterocycles. The van der Waals surface area contributed by atoms with E-state index in [1.807, 2.05) is 0 Å². The Kier molecular flexibility index (Phi) is 5.30. The Labute approximate surface area is 155 Å². The number of ether oxygens (including phenoxy) is 1. The van der Waals surface area contributed by atoms with Gasteiger partial charge in [0.2, 0.25) is 0 Å². The number of hydrogen-bond acceptors (Lipinski definition) is 2. The van der Waals surface area contributed by atoms with Crippen molar-refractivity contribution in [3.05, 3.63) is 22.7 Å². The Bertz CT molecular complexity index is 552. The molecule has 0 N–H and O–H groups in total. The number of cyclic esters (lactones) is 1. The minimum atomic E-state index is -0.170. The Morgan fingerprint density at radius 3 is 2.88 bits per heavy atom. The molecule has 3 rings (SSSR count). The molecule has 0 spiro atoms. The van der Waals surface area contributed by atoms with Crippen molar-refractivity contribution in [1.29, 1.82) is 0 Å². The molecule has 3 aliphatic rings. The van der Waals surface area contributed by atoms with E-state index in [-0.39, 0.29) is 18.0 Å². The summed E-state index contributed by atoms with van der Waals surface area (Å²) in [5.41, 5.74) is 2.72. The maximum absolute atomic E-state index is 11.9. The van der Waals surface area contributed by atoms with Crippen LogP contribution in [0.4, 0.5) is 0 Å². The van der Waals surface area contributed by atoms with Gasteiger partial charge in [-0.2, -0.15) is 0 Å². The van der Waals surface area contributed by atoms with Crippen molar-refractivity contribution in [1.82, 2.24) is 0 Å². The second-order valence-electron chi connectivity index (χ2n) is 8.48. The summed E-state index contributed by atoms with van der Waals surface area (Å²) in [4.78, 5) is 14.1. The summed E-state index contributed by atoms with van der Waals surface area (Å²) in [5, 5.41) is 0. The van der Waals surface area contributed by atoms with Crippen LogP contribution in [0.5, 0.6) is 0 Å². The van der Waals surface area contributed by atoms with Gasteiger partial charge < -0.3 is 4.74 Å². The Morgan fingerprint density at radius 1 is 1.46 bits per heavy atom. The molecular formula is C21H31BrO2. The summed E-state index contributed by atoms with van der Waals surface area (Å²) in [7, 11) is 0. The standard InChI is InChI=1S/C21H31BrO2/c1-5-16-14(3)20(23)24-19(16)11-13(2)17-8-9-18-15(12-22)7-6-10-21(17,18)4/h12-13,16-19H,3,5-11H2,1-2,4H3/b15-12+/t13-,16-,17-,18+,19+,21-/m1/s1. The quantitative estimate of drug-likeness (QED) is 0.430. The summed E-state index contributed by atoms with van der Waals surface area (Å²) in [6.45, 7) is 11.0. The van der Waals surface area contributed by atoms with Gasteiger partial charge in [-0.05, 0) is 73.1 Å². The third-order valence-corrected chi connectivity index (χ3v) is 7.91. The van der Waals surface area contributed by atoms with Gasteiger partial charge in [-0.3, -0.25) is 0 Å². The Balaban J connectivity index is 1.73. The number of carbonyl (C=O) groups is 1. The number of allylic oxidation sites excluding steroid dienone is 1. The van der Waals surface area contributed by atoms with Crippen LogP contribution in [-0.2, 0) is 9.53 Å². The molecule has 1 heterocycles. The number of carbonyl (C=O) groups excluding carboxylic acids is 1. The lowest BCUT2D eigenvalue weighted by atomic mass is 9.61. The number of hydrogen-bond donors (Lipinski definition) is 0. The summed E-state index contributed by atoms with van der Waals surface area (Å²) in [5.74, 6) is 2.11. The second kappa shape index (κ2) is 6.97. The Hall–Kier alpha value is -0.570. The fraction of sp³-hybridized carbons (Fsp3) is 0.762. The number of halogens is 1. The summed E-state index contributed by atoms with van der Waals surface area (Å²) < 4.78 is 5.66. The molecule has 0 amide bonds. The molecule has 6 atom stereocenters. The SMILES string of the molecule is C=C1C(=O)O[C@@H](C[C@@H](C)[C@H]2CC[C@H]3/C(=C/Br)CCC[C@]23C)[C@@H]1CC. The average Bonchev–Trinajstić information content (AvgIpc) is 3.04. The molecule has 0 aromatic carbocycles. The molecule has 134 valence electrons. The van der Waals surface area contributed by atoms with E-state index in [0.29, 0.717) is 16.9 Å². The second-order valence-corrected chi connectivity index (χ2v) is 8.93. The highest BCUT2D eigenvalue weighted by Gasteiger charge is 2.51. The van der Waals surface area contributed by atoms with E-state index in [0.717, 1.165) is 24.7 Å². The minimum absolute atomic E-state index is 0.0439. The van der Waals surface area contributed by atoms with E-state index in [2.05, 4.69) is 48.3 Å². The van der Waals surface area contributed by atoms with Gasteiger partial charge in [-0.15, -0.1) is 0 Å². The summed E-state index contributed by atoms with van der Waals surface area (Å²) >= 11 is 3.60. The predicted molar refractivity (Wildman–Crippen MR) is 102 cm³/mol. The molecule has 24 heavy (non-hydrogen) atoms. The smallest absolute Gasteiger partial charge is 0.334 e. The van der Waals surface area contributed by atoms with Crippen molar-refractivity contribution in [3.8, 4) is 0 Å². The lowest BCUT2D eigenvalue weighted by Gasteiger charge is -2.44. The van der Waals surface area contributed by atoms with E-state index >= 15 is 0 Å². The highest BCUT2D eigenvalue weighted by molar-refractivity contribution is 9.11. The maximum atomic E-state index is 11.9. The monoisotopic (exact) mass is 394 g/mol. The minimum Gasteiger partial charge on any atom is -0.458 e. The molecular weight excluding hydrogens is 364 g/mol. The van der Waals surface area contributed by atoms with Gasteiger partial charge in [0.1, 0.15) is 6.10 Å². The summed E-state index contributed by atoms with van der Waals surface area (Å²) in [6.07, 6.45) is 8.51. The molecule has 2 aliphatic carbocycles. The van der Waals surface area contributed by atoms with Gasteiger partial charge in [0, 0.05) is 11.5 Å². The van der Waals surface area contributed by atoms with Crippen molar-refractivity contribution in [2.45, 2.75) is 71.8 Å². The Morgan fingerprint density at radius 2 is 2.21 bits per heavy atom. The van der Waals surface area contributed by atoms with Crippen molar-refractivity contribution in [2.75, 3.05) is 0 Å². The van der Waals surface area contributed by atoms with Gasteiger partial charge in [-0.1, -0.05) is 48.9 Å². The zero-order chi connectivity index (χ0) is 17.5. The molecule has 2 saturated carbocycles. The number of esters is 1. The molecule has 3 heteroatoms. The predicted octanol–water partition coefficient (Wildman–Crippen LogP) is 6.02. The van der Waals surface area contributed by atoms with Gasteiger partial charge in [0.15, 0.2) is 0 Å². The van der Waals surface area contributed by atoms with E-state index in [4.69, 9.17) is 4.74 Å². The van der Waals surface area contributed by atoms with Crippen molar-refractivity contribution < 1.29 is 9.53 Å². The first-order chi connectivity index (χ1) is 11.4. The first kappa shape index (κ1) is 18.2. The van der Waals surface area contributed by atoms with Crippen molar-refractivity contribution in [3.63, 3.8) is 0 Å². The lowest BCUT2D eigenvalue weighted by Crippen LogP contribution is -2.37. The third kappa shape index (κ3) is 2.91. The van der Waals surface area contributed by atoms with Gasteiger partial charge >= 0.3 is 5.97 Å². The molecule has 2 nitrogen and oxygen atoms in total. The highest BCUT2D eigenvalue weighted by Crippen LogP contribution is 2.60. The van der Waals surface area contributed by atoms with Crippen LogP contribution in [0.1, 0.15) is 65.7 Å². The van der Waals surface area contributed by atoms with E-state index in [1.165, 1.54) is 32.1 Å². The topological polar surface area (TPSA) is 26.3 Å². The molecule has 0 unspecified atom stereocenters. The molecule has 0 aromatic rings. The highest BCUT2D eigenvalue weighted by atomic mass is 79.9. The molecule has 3 fully saturated rings. The van der Waals surface area contributed by atoms with Crippen LogP contribution < -0.4 is 0 Å². The molecule has 0 radical (unpaired) electrons. The largest absolute Gasteiger partial charge is 0.458 e. The maximum Gasteiger partial charge on any atom is 0.334 e. The molecule has 0 bridgehead atoms. The van der Waals surface area contributed by atoms with Crippen LogP contribution in [0.15, 0.2) is 22.7 Å². The normalized spacial score (nSPS) is 42.2. The van der Waals surface area contributed by atoms with Crippen LogP contribution in [0.3, 0.4) is 0 Å². The lowest BCUT2D eigenvalue weighted by molar-refractivity contribution is -0.140. The van der Waals surface area contributed by atoms with Crippen LogP contribution in [0, 0.1) is 29.1 Å². The number of fused-ring (bicyclic) bond motifs is 1. The fourth-order valence-electron chi connectivity index (χ4n) is 6.07. The van der Waals surface area contributed by atoms with E-state index in [9.17, 15) is 4.79 Å². The van der Waals surface area contributed by atoms with Crippen molar-refractivity contribution in [2.24, 2.45) is 29.1 Å². The fourth-order valence-corrected chi connectivity index (χ4v) is 6.62. The molecule has 1 aliphatic heterocycles. The van der Waals surface area contributed by atoms with Gasteiger partial charge in [0.05, 0.1) is 0 Å². The van der Waals surface area contributed by atoms with Crippen LogP contribution in [-0.4, -0.2) is 12.1 Å². The van der Waals surface area contributed by atoms with Crippen molar-refractivity contribution >= 4 is 21.9 Å².